The Labute approximate surface area is 222 Å². The number of carboxylic acids is 1. The van der Waals surface area contributed by atoms with Crippen LogP contribution in [0.2, 0.25) is 0 Å². The first-order chi connectivity index (χ1) is 17.7. The molecule has 0 radical (unpaired) electrons. The highest BCUT2D eigenvalue weighted by Crippen LogP contribution is 2.56. The number of carboxylic acid groups (broad SMARTS) is 1. The Bertz CT molecular complexity index is 1240. The van der Waals surface area contributed by atoms with Crippen LogP contribution in [0.25, 0.3) is 11.3 Å². The maximum Gasteiger partial charge on any atom is 0.335 e. The molecule has 8 nitrogen and oxygen atoms in total. The van der Waals surface area contributed by atoms with Crippen molar-refractivity contribution in [3.63, 3.8) is 0 Å². The fraction of sp³-hybridized carbons (Fsp3) is 0.536. The first-order valence-corrected chi connectivity index (χ1v) is 13.6. The van der Waals surface area contributed by atoms with Gasteiger partial charge in [-0.25, -0.2) is 4.79 Å². The van der Waals surface area contributed by atoms with Gasteiger partial charge in [0.15, 0.2) is 0 Å². The summed E-state index contributed by atoms with van der Waals surface area (Å²) in [7, 11) is 0. The zero-order valence-electron chi connectivity index (χ0n) is 21.3. The second-order valence-electron chi connectivity index (χ2n) is 11.6. The van der Waals surface area contributed by atoms with Gasteiger partial charge >= 0.3 is 5.97 Å². The summed E-state index contributed by atoms with van der Waals surface area (Å²) in [6, 6.07) is 7.66. The van der Waals surface area contributed by atoms with Crippen LogP contribution in [0, 0.1) is 24.2 Å². The molecular weight excluding hydrogens is 490 g/mol. The molecule has 0 bridgehead atoms. The number of alkyl halides is 1. The fourth-order valence-electron chi connectivity index (χ4n) is 7.35. The van der Waals surface area contributed by atoms with Crippen molar-refractivity contribution in [3.05, 3.63) is 53.7 Å². The number of hydrazine groups is 1. The number of likely N-dealkylation sites (tertiary alicyclic amines) is 1. The first kappa shape index (κ1) is 24.6. The second-order valence-corrected chi connectivity index (χ2v) is 12.1. The number of halogens is 1. The van der Waals surface area contributed by atoms with Crippen molar-refractivity contribution in [2.24, 2.45) is 17.3 Å². The molecule has 2 saturated heterocycles. The van der Waals surface area contributed by atoms with Gasteiger partial charge in [-0.1, -0.05) is 25.6 Å². The normalized spacial score (nSPS) is 30.5. The molecule has 196 valence electrons. The van der Waals surface area contributed by atoms with Gasteiger partial charge in [0.1, 0.15) is 0 Å². The van der Waals surface area contributed by atoms with Crippen LogP contribution >= 0.6 is 11.6 Å². The summed E-state index contributed by atoms with van der Waals surface area (Å²) >= 11 is 7.19. The number of carbonyl (C=O) groups is 2. The van der Waals surface area contributed by atoms with E-state index in [1.807, 2.05) is 17.0 Å². The van der Waals surface area contributed by atoms with Gasteiger partial charge in [-0.3, -0.25) is 20.3 Å². The zero-order chi connectivity index (χ0) is 26.1. The second kappa shape index (κ2) is 8.96. The molecule has 4 aliphatic rings. The van der Waals surface area contributed by atoms with E-state index < -0.39 is 5.97 Å². The van der Waals surface area contributed by atoms with Gasteiger partial charge in [-0.05, 0) is 56.2 Å². The lowest BCUT2D eigenvalue weighted by Crippen LogP contribution is -2.63. The number of nitrogens with zero attached hydrogens (tertiary/aromatic N) is 3. The Kier molecular flexibility index (Phi) is 5.97. The summed E-state index contributed by atoms with van der Waals surface area (Å²) in [4.78, 5) is 25.3. The maximum absolute atomic E-state index is 12.0. The van der Waals surface area contributed by atoms with E-state index in [-0.39, 0.29) is 34.2 Å². The van der Waals surface area contributed by atoms with Crippen LogP contribution in [0.4, 0.5) is 0 Å². The summed E-state index contributed by atoms with van der Waals surface area (Å²) in [5.41, 5.74) is 11.4. The molecule has 3 N–H and O–H groups in total. The van der Waals surface area contributed by atoms with E-state index in [1.54, 1.807) is 12.1 Å². The smallest absolute Gasteiger partial charge is 0.335 e. The van der Waals surface area contributed by atoms with Gasteiger partial charge in [0, 0.05) is 59.2 Å². The number of aromatic carboxylic acids is 1. The molecule has 1 aromatic heterocycles. The number of benzene rings is 1. The van der Waals surface area contributed by atoms with Gasteiger partial charge in [0.05, 0.1) is 17.3 Å². The molecule has 37 heavy (non-hydrogen) atoms. The van der Waals surface area contributed by atoms with Crippen molar-refractivity contribution in [2.75, 3.05) is 19.6 Å². The summed E-state index contributed by atoms with van der Waals surface area (Å²) in [5.74, 6) is -0.109. The van der Waals surface area contributed by atoms with Gasteiger partial charge < -0.3 is 10.0 Å². The average molecular weight is 524 g/mol. The molecular formula is C28H34ClN5O3. The van der Waals surface area contributed by atoms with Crippen LogP contribution in [0.3, 0.4) is 0 Å². The number of carbonyl (C=O) groups excluding carboxylic acids is 1. The predicted octanol–water partition coefficient (Wildman–Crippen LogP) is 3.73. The highest BCUT2D eigenvalue weighted by molar-refractivity contribution is 6.21. The van der Waals surface area contributed by atoms with Crippen molar-refractivity contribution in [2.45, 2.75) is 56.5 Å². The summed E-state index contributed by atoms with van der Waals surface area (Å²) in [5, 5.41) is 14.6. The van der Waals surface area contributed by atoms with Crippen molar-refractivity contribution < 1.29 is 14.7 Å². The van der Waals surface area contributed by atoms with Crippen LogP contribution < -0.4 is 10.9 Å². The number of nitrogens with one attached hydrogen (secondary N) is 2. The number of rotatable bonds is 5. The van der Waals surface area contributed by atoms with E-state index in [0.717, 1.165) is 55.8 Å². The number of fused-ring (bicyclic) bond motifs is 1. The van der Waals surface area contributed by atoms with E-state index in [2.05, 4.69) is 36.0 Å². The SMILES string of the molecule is C=CC(=O)N1CC2(CC(n3nc(-c4ccc(C(=O)O)cc4)c(C4C(Cl)C(C)CC5NNCC54)c3C)C2)C1. The Hall–Kier alpha value is -2.68. The van der Waals surface area contributed by atoms with Crippen molar-refractivity contribution >= 4 is 23.5 Å². The number of amides is 1. The molecule has 1 spiro atoms. The minimum absolute atomic E-state index is 0.00614. The number of hydrogen-bond donors (Lipinski definition) is 3. The third-order valence-electron chi connectivity index (χ3n) is 9.27. The standard InChI is InChI=1S/C28H34ClN5O3/c1-4-22(35)33-13-28(14-33)10-19(11-28)34-16(3)23(24-20-12-30-31-21(20)9-15(2)25(24)29)26(32-34)17-5-7-18(8-6-17)27(36)37/h4-8,15,19-21,24-25,30-31H,1,9-14H2,2-3H3,(H,36,37). The molecule has 2 saturated carbocycles. The quantitative estimate of drug-likeness (QED) is 0.408. The van der Waals surface area contributed by atoms with Gasteiger partial charge in [0.25, 0.3) is 0 Å². The monoisotopic (exact) mass is 523 g/mol. The molecule has 6 rings (SSSR count). The van der Waals surface area contributed by atoms with Crippen LogP contribution in [0.1, 0.15) is 59.8 Å². The van der Waals surface area contributed by atoms with Crippen LogP contribution in [-0.2, 0) is 4.79 Å². The van der Waals surface area contributed by atoms with Crippen LogP contribution in [0.5, 0.6) is 0 Å². The fourth-order valence-corrected chi connectivity index (χ4v) is 7.77. The van der Waals surface area contributed by atoms with E-state index in [0.29, 0.717) is 17.9 Å². The molecule has 4 fully saturated rings. The molecule has 1 aromatic carbocycles. The molecule has 5 unspecified atom stereocenters. The van der Waals surface area contributed by atoms with Crippen molar-refractivity contribution in [1.82, 2.24) is 25.5 Å². The van der Waals surface area contributed by atoms with Crippen LogP contribution in [-0.4, -0.2) is 62.7 Å². The van der Waals surface area contributed by atoms with E-state index in [4.69, 9.17) is 16.7 Å². The summed E-state index contributed by atoms with van der Waals surface area (Å²) in [6.07, 6.45) is 4.41. The lowest BCUT2D eigenvalue weighted by atomic mass is 9.60. The molecule has 2 aliphatic heterocycles. The molecule has 2 aliphatic carbocycles. The predicted molar refractivity (Wildman–Crippen MR) is 141 cm³/mol. The zero-order valence-corrected chi connectivity index (χ0v) is 22.0. The minimum Gasteiger partial charge on any atom is -0.478 e. The Morgan fingerprint density at radius 3 is 2.59 bits per heavy atom. The van der Waals surface area contributed by atoms with E-state index in [9.17, 15) is 14.7 Å². The average Bonchev–Trinajstić information content (AvgIpc) is 3.42. The molecule has 5 atom stereocenters. The largest absolute Gasteiger partial charge is 0.478 e. The first-order valence-electron chi connectivity index (χ1n) is 13.2. The van der Waals surface area contributed by atoms with Gasteiger partial charge in [0.2, 0.25) is 5.91 Å². The van der Waals surface area contributed by atoms with Gasteiger partial charge in [-0.15, -0.1) is 11.6 Å². The van der Waals surface area contributed by atoms with Crippen molar-refractivity contribution in [1.29, 1.82) is 0 Å². The Balaban J connectivity index is 1.37. The maximum atomic E-state index is 12.0. The lowest BCUT2D eigenvalue weighted by Gasteiger charge is -2.58. The third kappa shape index (κ3) is 3.92. The third-order valence-corrected chi connectivity index (χ3v) is 9.97. The Morgan fingerprint density at radius 1 is 1.24 bits per heavy atom. The Morgan fingerprint density at radius 2 is 1.95 bits per heavy atom. The highest BCUT2D eigenvalue weighted by Gasteiger charge is 2.55. The topological polar surface area (TPSA) is 99.5 Å². The summed E-state index contributed by atoms with van der Waals surface area (Å²) < 4.78 is 2.19. The van der Waals surface area contributed by atoms with Gasteiger partial charge in [-0.2, -0.15) is 5.10 Å². The number of hydrogen-bond acceptors (Lipinski definition) is 5. The molecule has 3 heterocycles. The minimum atomic E-state index is -0.939. The number of aromatic nitrogens is 2. The van der Waals surface area contributed by atoms with E-state index >= 15 is 0 Å². The van der Waals surface area contributed by atoms with Crippen molar-refractivity contribution in [3.8, 4) is 11.3 Å². The molecule has 1 amide bonds. The molecule has 2 aromatic rings. The summed E-state index contributed by atoms with van der Waals surface area (Å²) in [6.45, 7) is 10.4. The van der Waals surface area contributed by atoms with E-state index in [1.165, 1.54) is 11.6 Å². The molecule has 9 heteroatoms. The van der Waals surface area contributed by atoms with Crippen LogP contribution in [0.15, 0.2) is 36.9 Å². The lowest BCUT2D eigenvalue weighted by molar-refractivity contribution is -0.149. The highest BCUT2D eigenvalue weighted by atomic mass is 35.5.